The Labute approximate surface area is 183 Å². The normalized spacial score (nSPS) is 27.2. The molecule has 2 fully saturated rings. The molecule has 2 aromatic rings. The Hall–Kier alpha value is -2.48. The number of aromatic nitrogens is 1. The highest BCUT2D eigenvalue weighted by Gasteiger charge is 2.48. The van der Waals surface area contributed by atoms with Crippen molar-refractivity contribution in [2.45, 2.75) is 56.6 Å². The van der Waals surface area contributed by atoms with E-state index in [1.165, 1.54) is 0 Å². The van der Waals surface area contributed by atoms with E-state index in [4.69, 9.17) is 9.47 Å². The molecule has 1 aliphatic carbocycles. The molecule has 1 saturated heterocycles. The van der Waals surface area contributed by atoms with E-state index in [0.29, 0.717) is 12.1 Å². The summed E-state index contributed by atoms with van der Waals surface area (Å²) in [6.07, 6.45) is 3.17. The van der Waals surface area contributed by atoms with Crippen molar-refractivity contribution in [2.75, 3.05) is 20.2 Å². The van der Waals surface area contributed by atoms with Crippen molar-refractivity contribution in [2.24, 2.45) is 0 Å². The first-order valence-corrected chi connectivity index (χ1v) is 11.0. The lowest BCUT2D eigenvalue weighted by Gasteiger charge is -2.39. The maximum Gasteiger partial charge on any atom is 0.270 e. The lowest BCUT2D eigenvalue weighted by molar-refractivity contribution is -0.0228. The molecule has 31 heavy (non-hydrogen) atoms. The number of aryl methyl sites for hydroxylation is 1. The minimum absolute atomic E-state index is 0.221. The largest absolute Gasteiger partial charge is 0.488 e. The third-order valence-corrected chi connectivity index (χ3v) is 6.35. The fourth-order valence-electron chi connectivity index (χ4n) is 4.65. The van der Waals surface area contributed by atoms with Crippen molar-refractivity contribution in [3.05, 3.63) is 59.9 Å². The second kappa shape index (κ2) is 9.77. The van der Waals surface area contributed by atoms with Crippen molar-refractivity contribution in [1.29, 1.82) is 0 Å². The molecule has 7 heteroatoms. The molecule has 2 heterocycles. The fraction of sp³-hybridized carbons (Fsp3) is 0.500. The number of benzene rings is 1. The standard InChI is InChI=1S/C24H31N3O4/c1-16-8-9-19(25-15-16)24(29)26-20-14-21(31-18-6-4-3-5-7-18)23(28)22(20)27-12-10-17(30-2)11-13-27/h3-9,15,17,20-23,28H,10-14H2,1-2H3,(H,26,29)/t20-,21-,22+,23+/m1/s1. The smallest absolute Gasteiger partial charge is 0.270 e. The zero-order chi connectivity index (χ0) is 21.8. The van der Waals surface area contributed by atoms with E-state index in [0.717, 1.165) is 37.2 Å². The first-order valence-electron chi connectivity index (χ1n) is 11.0. The summed E-state index contributed by atoms with van der Waals surface area (Å²) in [4.78, 5) is 19.4. The molecular formula is C24H31N3O4. The van der Waals surface area contributed by atoms with Gasteiger partial charge in [-0.1, -0.05) is 24.3 Å². The van der Waals surface area contributed by atoms with E-state index >= 15 is 0 Å². The third kappa shape index (κ3) is 5.06. The summed E-state index contributed by atoms with van der Waals surface area (Å²) in [6, 6.07) is 12.7. The van der Waals surface area contributed by atoms with Crippen LogP contribution < -0.4 is 10.1 Å². The number of carbonyl (C=O) groups is 1. The molecule has 4 rings (SSSR count). The van der Waals surface area contributed by atoms with E-state index < -0.39 is 12.2 Å². The van der Waals surface area contributed by atoms with Gasteiger partial charge < -0.3 is 19.9 Å². The van der Waals surface area contributed by atoms with E-state index in [2.05, 4.69) is 15.2 Å². The van der Waals surface area contributed by atoms with Gasteiger partial charge in [0.2, 0.25) is 0 Å². The lowest BCUT2D eigenvalue weighted by atomic mass is 10.0. The van der Waals surface area contributed by atoms with Crippen molar-refractivity contribution in [3.8, 4) is 5.75 Å². The zero-order valence-corrected chi connectivity index (χ0v) is 18.1. The molecule has 0 radical (unpaired) electrons. The van der Waals surface area contributed by atoms with Gasteiger partial charge in [0, 0.05) is 32.8 Å². The van der Waals surface area contributed by atoms with E-state index in [1.807, 2.05) is 43.3 Å². The van der Waals surface area contributed by atoms with Gasteiger partial charge in [0.15, 0.2) is 0 Å². The van der Waals surface area contributed by atoms with Gasteiger partial charge in [0.25, 0.3) is 5.91 Å². The molecule has 0 bridgehead atoms. The second-order valence-electron chi connectivity index (χ2n) is 8.46. The van der Waals surface area contributed by atoms with Gasteiger partial charge in [-0.2, -0.15) is 0 Å². The highest BCUT2D eigenvalue weighted by molar-refractivity contribution is 5.92. The molecule has 2 aliphatic rings. The number of carbonyl (C=O) groups excluding carboxylic acids is 1. The Morgan fingerprint density at radius 2 is 1.90 bits per heavy atom. The molecule has 2 N–H and O–H groups in total. The van der Waals surface area contributed by atoms with Crippen molar-refractivity contribution >= 4 is 5.91 Å². The summed E-state index contributed by atoms with van der Waals surface area (Å²) in [5.74, 6) is 0.491. The van der Waals surface area contributed by atoms with E-state index in [-0.39, 0.29) is 24.1 Å². The Morgan fingerprint density at radius 3 is 2.55 bits per heavy atom. The summed E-state index contributed by atoms with van der Waals surface area (Å²) >= 11 is 0. The molecular weight excluding hydrogens is 394 g/mol. The quantitative estimate of drug-likeness (QED) is 0.738. The number of piperidine rings is 1. The van der Waals surface area contributed by atoms with Crippen LogP contribution in [0.25, 0.3) is 0 Å². The first kappa shape index (κ1) is 21.7. The summed E-state index contributed by atoms with van der Waals surface area (Å²) in [7, 11) is 1.74. The second-order valence-corrected chi connectivity index (χ2v) is 8.46. The lowest BCUT2D eigenvalue weighted by Crippen LogP contribution is -2.56. The van der Waals surface area contributed by atoms with Crippen molar-refractivity contribution in [3.63, 3.8) is 0 Å². The predicted molar refractivity (Wildman–Crippen MR) is 117 cm³/mol. The fourth-order valence-corrected chi connectivity index (χ4v) is 4.65. The van der Waals surface area contributed by atoms with Gasteiger partial charge in [-0.3, -0.25) is 14.7 Å². The zero-order valence-electron chi connectivity index (χ0n) is 18.1. The van der Waals surface area contributed by atoms with Crippen LogP contribution in [0.3, 0.4) is 0 Å². The van der Waals surface area contributed by atoms with Crippen LogP contribution in [0.2, 0.25) is 0 Å². The number of nitrogens with zero attached hydrogens (tertiary/aromatic N) is 2. The van der Waals surface area contributed by atoms with Crippen molar-refractivity contribution in [1.82, 2.24) is 15.2 Å². The summed E-state index contributed by atoms with van der Waals surface area (Å²) < 4.78 is 11.6. The Bertz CT molecular complexity index is 853. The number of ether oxygens (including phenoxy) is 2. The molecule has 166 valence electrons. The number of hydrogen-bond acceptors (Lipinski definition) is 6. The SMILES string of the molecule is COC1CCN([C@@H]2[C@@H](O)[C@H](Oc3ccccc3)C[C@H]2NC(=O)c2ccc(C)cn2)CC1. The number of aliphatic hydroxyl groups is 1. The summed E-state index contributed by atoms with van der Waals surface area (Å²) in [5.41, 5.74) is 1.38. The van der Waals surface area contributed by atoms with Crippen LogP contribution in [0, 0.1) is 6.92 Å². The van der Waals surface area contributed by atoms with Crippen LogP contribution in [0.15, 0.2) is 48.7 Å². The van der Waals surface area contributed by atoms with Gasteiger partial charge in [-0.15, -0.1) is 0 Å². The van der Waals surface area contributed by atoms with Gasteiger partial charge >= 0.3 is 0 Å². The summed E-state index contributed by atoms with van der Waals surface area (Å²) in [6.45, 7) is 3.56. The van der Waals surface area contributed by atoms with Crippen molar-refractivity contribution < 1.29 is 19.4 Å². The topological polar surface area (TPSA) is 83.9 Å². The Kier molecular flexibility index (Phi) is 6.85. The molecule has 0 spiro atoms. The van der Waals surface area contributed by atoms with Gasteiger partial charge in [-0.05, 0) is 43.5 Å². The maximum absolute atomic E-state index is 12.9. The molecule has 4 atom stereocenters. The number of hydrogen-bond donors (Lipinski definition) is 2. The number of amides is 1. The first-order chi connectivity index (χ1) is 15.0. The third-order valence-electron chi connectivity index (χ3n) is 6.35. The number of nitrogens with one attached hydrogen (secondary N) is 1. The van der Waals surface area contributed by atoms with Crippen LogP contribution in [0.4, 0.5) is 0 Å². The molecule has 1 saturated carbocycles. The molecule has 1 aromatic carbocycles. The van der Waals surface area contributed by atoms with Crippen LogP contribution >= 0.6 is 0 Å². The average Bonchev–Trinajstić information content (AvgIpc) is 3.09. The number of methoxy groups -OCH3 is 1. The molecule has 1 amide bonds. The molecule has 7 nitrogen and oxygen atoms in total. The number of rotatable bonds is 6. The maximum atomic E-state index is 12.9. The monoisotopic (exact) mass is 425 g/mol. The van der Waals surface area contributed by atoms with Gasteiger partial charge in [-0.25, -0.2) is 0 Å². The molecule has 1 aromatic heterocycles. The van der Waals surface area contributed by atoms with Crippen LogP contribution in [-0.2, 0) is 4.74 Å². The van der Waals surface area contributed by atoms with Gasteiger partial charge in [0.1, 0.15) is 23.7 Å². The Morgan fingerprint density at radius 1 is 1.16 bits per heavy atom. The number of likely N-dealkylation sites (tertiary alicyclic amines) is 1. The van der Waals surface area contributed by atoms with Crippen LogP contribution in [-0.4, -0.2) is 71.5 Å². The molecule has 0 unspecified atom stereocenters. The highest BCUT2D eigenvalue weighted by atomic mass is 16.5. The average molecular weight is 426 g/mol. The van der Waals surface area contributed by atoms with Gasteiger partial charge in [0.05, 0.1) is 18.2 Å². The molecule has 1 aliphatic heterocycles. The number of pyridine rings is 1. The van der Waals surface area contributed by atoms with E-state index in [9.17, 15) is 9.90 Å². The van der Waals surface area contributed by atoms with E-state index in [1.54, 1.807) is 19.4 Å². The van der Waals surface area contributed by atoms with Crippen LogP contribution in [0.1, 0.15) is 35.3 Å². The van der Waals surface area contributed by atoms with Crippen LogP contribution in [0.5, 0.6) is 5.75 Å². The number of aliphatic hydroxyl groups excluding tert-OH is 1. The predicted octanol–water partition coefficient (Wildman–Crippen LogP) is 2.18. The number of para-hydroxylation sites is 1. The minimum Gasteiger partial charge on any atom is -0.488 e. The summed E-state index contributed by atoms with van der Waals surface area (Å²) in [5, 5.41) is 14.3. The minimum atomic E-state index is -0.712. The Balaban J connectivity index is 1.51. The highest BCUT2D eigenvalue weighted by Crippen LogP contribution is 2.31.